The second kappa shape index (κ2) is 11.5. The highest BCUT2D eigenvalue weighted by molar-refractivity contribution is 7.87. The summed E-state index contributed by atoms with van der Waals surface area (Å²) >= 11 is 0. The number of aryl methyl sites for hydroxylation is 1. The molecule has 2 aliphatic carbocycles. The van der Waals surface area contributed by atoms with Gasteiger partial charge >= 0.3 is 10.1 Å². The van der Waals surface area contributed by atoms with Gasteiger partial charge in [-0.2, -0.15) is 8.42 Å². The molecular formula is C31H32NO8S-. The van der Waals surface area contributed by atoms with Crippen LogP contribution in [0.5, 0.6) is 11.5 Å². The van der Waals surface area contributed by atoms with E-state index >= 15 is 0 Å². The van der Waals surface area contributed by atoms with Crippen molar-refractivity contribution in [2.75, 3.05) is 13.2 Å². The van der Waals surface area contributed by atoms with Gasteiger partial charge in [-0.05, 0) is 69.4 Å². The Bertz CT molecular complexity index is 1530. The van der Waals surface area contributed by atoms with E-state index in [9.17, 15) is 27.9 Å². The fraction of sp³-hybridized carbons (Fsp3) is 0.387. The van der Waals surface area contributed by atoms with Gasteiger partial charge in [-0.15, -0.1) is 0 Å². The van der Waals surface area contributed by atoms with E-state index in [1.54, 1.807) is 31.2 Å². The summed E-state index contributed by atoms with van der Waals surface area (Å²) in [7, 11) is -4.15. The molecule has 0 saturated carbocycles. The number of aliphatic carboxylic acids is 1. The summed E-state index contributed by atoms with van der Waals surface area (Å²) < 4.78 is 37.4. The number of ketones is 2. The van der Waals surface area contributed by atoms with Gasteiger partial charge in [-0.25, -0.2) is 0 Å². The van der Waals surface area contributed by atoms with Crippen LogP contribution in [0.4, 0.5) is 0 Å². The summed E-state index contributed by atoms with van der Waals surface area (Å²) in [5, 5.41) is 11.3. The van der Waals surface area contributed by atoms with Crippen molar-refractivity contribution in [2.24, 2.45) is 0 Å². The van der Waals surface area contributed by atoms with Crippen molar-refractivity contribution in [1.29, 1.82) is 0 Å². The zero-order valence-corrected chi connectivity index (χ0v) is 23.9. The number of Topliss-reactive ketones (excluding diaryl/α,β-unsaturated/α-hetero) is 2. The minimum absolute atomic E-state index is 0.00348. The molecule has 10 heteroatoms. The molecule has 0 N–H and O–H groups in total. The Balaban J connectivity index is 1.61. The van der Waals surface area contributed by atoms with E-state index in [-0.39, 0.29) is 47.5 Å². The highest BCUT2D eigenvalue weighted by Gasteiger charge is 2.43. The van der Waals surface area contributed by atoms with Gasteiger partial charge in [0.25, 0.3) is 0 Å². The first-order chi connectivity index (χ1) is 19.6. The normalized spacial score (nSPS) is 17.9. The van der Waals surface area contributed by atoms with Crippen LogP contribution < -0.4 is 14.0 Å². The smallest absolute Gasteiger partial charge is 0.339 e. The van der Waals surface area contributed by atoms with Crippen molar-refractivity contribution in [1.82, 2.24) is 4.90 Å². The molecule has 0 amide bonds. The van der Waals surface area contributed by atoms with Crippen LogP contribution in [0.3, 0.4) is 0 Å². The fourth-order valence-corrected chi connectivity index (χ4v) is 6.88. The van der Waals surface area contributed by atoms with Gasteiger partial charge in [0.1, 0.15) is 4.90 Å². The molecule has 0 saturated heterocycles. The highest BCUT2D eigenvalue weighted by Crippen LogP contribution is 2.50. The Morgan fingerprint density at radius 2 is 1.54 bits per heavy atom. The molecule has 0 radical (unpaired) electrons. The van der Waals surface area contributed by atoms with Crippen molar-refractivity contribution < 1.29 is 36.8 Å². The van der Waals surface area contributed by atoms with Gasteiger partial charge in [0, 0.05) is 60.2 Å². The average molecular weight is 579 g/mol. The Labute approximate surface area is 239 Å². The van der Waals surface area contributed by atoms with Crippen molar-refractivity contribution in [3.8, 4) is 11.5 Å². The molecule has 9 nitrogen and oxygen atoms in total. The van der Waals surface area contributed by atoms with Crippen LogP contribution in [0.2, 0.25) is 0 Å². The largest absolute Gasteiger partial charge is 0.550 e. The monoisotopic (exact) mass is 578 g/mol. The number of carbonyl (C=O) groups is 3. The van der Waals surface area contributed by atoms with Crippen molar-refractivity contribution >= 4 is 27.7 Å². The number of allylic oxidation sites excluding steroid dienone is 4. The molecule has 3 aliphatic rings. The summed E-state index contributed by atoms with van der Waals surface area (Å²) in [5.74, 6) is -1.86. The van der Waals surface area contributed by atoms with Crippen LogP contribution >= 0.6 is 0 Å². The quantitative estimate of drug-likeness (QED) is 0.409. The van der Waals surface area contributed by atoms with Crippen molar-refractivity contribution in [3.05, 3.63) is 76.1 Å². The first-order valence-electron chi connectivity index (χ1n) is 13.9. The van der Waals surface area contributed by atoms with Crippen LogP contribution in [-0.4, -0.2) is 44.0 Å². The lowest BCUT2D eigenvalue weighted by atomic mass is 9.71. The first kappa shape index (κ1) is 28.6. The predicted octanol–water partition coefficient (Wildman–Crippen LogP) is 3.71. The van der Waals surface area contributed by atoms with E-state index in [2.05, 4.69) is 0 Å². The second-order valence-electron chi connectivity index (χ2n) is 10.5. The molecule has 0 fully saturated rings. The Morgan fingerprint density at radius 1 is 0.927 bits per heavy atom. The Hall–Kier alpha value is -3.92. The third kappa shape index (κ3) is 5.66. The van der Waals surface area contributed by atoms with Crippen LogP contribution in [-0.2, 0) is 24.5 Å². The van der Waals surface area contributed by atoms with E-state index in [1.807, 2.05) is 11.8 Å². The molecule has 2 aromatic rings. The van der Waals surface area contributed by atoms with Gasteiger partial charge < -0.3 is 23.7 Å². The summed E-state index contributed by atoms with van der Waals surface area (Å²) in [6, 6.07) is 11.1. The van der Waals surface area contributed by atoms with Gasteiger partial charge in [-0.3, -0.25) is 9.59 Å². The first-order valence-corrected chi connectivity index (χ1v) is 15.3. The number of rotatable bonds is 9. The lowest BCUT2D eigenvalue weighted by Gasteiger charge is -2.44. The molecule has 0 unspecified atom stereocenters. The van der Waals surface area contributed by atoms with Crippen LogP contribution in [0.15, 0.2) is 69.9 Å². The molecule has 1 aliphatic heterocycles. The van der Waals surface area contributed by atoms with Gasteiger partial charge in [0.05, 0.1) is 6.61 Å². The predicted molar refractivity (Wildman–Crippen MR) is 147 cm³/mol. The summed E-state index contributed by atoms with van der Waals surface area (Å²) in [5.41, 5.74) is 4.01. The molecule has 2 aromatic carbocycles. The lowest BCUT2D eigenvalue weighted by Crippen LogP contribution is -2.40. The number of hydrogen-bond donors (Lipinski definition) is 0. The highest BCUT2D eigenvalue weighted by atomic mass is 32.2. The molecule has 1 heterocycles. The van der Waals surface area contributed by atoms with Crippen LogP contribution in [0.1, 0.15) is 68.9 Å². The van der Waals surface area contributed by atoms with Gasteiger partial charge in [0.2, 0.25) is 0 Å². The Morgan fingerprint density at radius 3 is 2.10 bits per heavy atom. The van der Waals surface area contributed by atoms with Crippen LogP contribution in [0.25, 0.3) is 0 Å². The third-order valence-corrected chi connectivity index (χ3v) is 8.98. The number of carboxylic acids is 1. The molecule has 0 atom stereocenters. The topological polar surface area (TPSA) is 130 Å². The standard InChI is InChI=1S/C31H33NO8S/c1-3-39-27-18-20(12-15-26(27)40-41(37,38)21-13-10-19(2)11-14-21)29-30-22(6-4-8-24(30)33)32(17-16-28(35)36)23-7-5-9-25(34)31(23)29/h10-15,18,29H,3-9,16-17H2,1-2H3,(H,35,36)/p-1. The zero-order valence-electron chi connectivity index (χ0n) is 23.1. The molecule has 5 rings (SSSR count). The van der Waals surface area contributed by atoms with E-state index in [0.29, 0.717) is 55.2 Å². The zero-order chi connectivity index (χ0) is 29.3. The molecule has 0 bridgehead atoms. The van der Waals surface area contributed by atoms with Crippen molar-refractivity contribution in [2.45, 2.75) is 69.6 Å². The van der Waals surface area contributed by atoms with Gasteiger partial charge in [0.15, 0.2) is 23.1 Å². The number of ether oxygens (including phenoxy) is 1. The minimum Gasteiger partial charge on any atom is -0.550 e. The van der Waals surface area contributed by atoms with Crippen molar-refractivity contribution in [3.63, 3.8) is 0 Å². The molecule has 216 valence electrons. The van der Waals surface area contributed by atoms with E-state index in [4.69, 9.17) is 8.92 Å². The minimum atomic E-state index is -4.15. The number of nitrogens with zero attached hydrogens (tertiary/aromatic N) is 1. The SMILES string of the molecule is CCOc1cc(C2C3=C(CCCC3=O)N(CCC(=O)[O-])C3=C2C(=O)CCC3)ccc1OS(=O)(=O)c1ccc(C)cc1. The number of benzene rings is 2. The third-order valence-electron chi connectivity index (χ3n) is 7.74. The molecule has 0 spiro atoms. The Kier molecular flexibility index (Phi) is 8.04. The fourth-order valence-electron chi connectivity index (χ4n) is 5.94. The number of carbonyl (C=O) groups excluding carboxylic acids is 3. The maximum atomic E-state index is 13.4. The van der Waals surface area contributed by atoms with Gasteiger partial charge in [-0.1, -0.05) is 23.8 Å². The molecule has 0 aromatic heterocycles. The lowest BCUT2D eigenvalue weighted by molar-refractivity contribution is -0.305. The molecule has 41 heavy (non-hydrogen) atoms. The van der Waals surface area contributed by atoms with E-state index in [1.165, 1.54) is 18.2 Å². The summed E-state index contributed by atoms with van der Waals surface area (Å²) in [6.07, 6.45) is 2.88. The maximum Gasteiger partial charge on any atom is 0.339 e. The second-order valence-corrected chi connectivity index (χ2v) is 12.0. The van der Waals surface area contributed by atoms with E-state index < -0.39 is 22.0 Å². The number of carboxylic acid groups (broad SMARTS) is 1. The maximum absolute atomic E-state index is 13.4. The summed E-state index contributed by atoms with van der Waals surface area (Å²) in [4.78, 5) is 40.1. The molecular weight excluding hydrogens is 546 g/mol. The summed E-state index contributed by atoms with van der Waals surface area (Å²) in [6.45, 7) is 3.97. The van der Waals surface area contributed by atoms with E-state index in [0.717, 1.165) is 17.0 Å². The average Bonchev–Trinajstić information content (AvgIpc) is 2.93. The van der Waals surface area contributed by atoms with Crippen LogP contribution in [0, 0.1) is 6.92 Å². The number of hydrogen-bond acceptors (Lipinski definition) is 9.